The van der Waals surface area contributed by atoms with Crippen LogP contribution in [0.4, 0.5) is 14.9 Å². The summed E-state index contributed by atoms with van der Waals surface area (Å²) in [6.07, 6.45) is -4.05. The van der Waals surface area contributed by atoms with Crippen molar-refractivity contribution in [2.75, 3.05) is 12.4 Å². The molecule has 1 aliphatic rings. The number of ether oxygens (including phenoxy) is 4. The molecule has 0 radical (unpaired) electrons. The number of allylic oxidation sites excluding steroid dienone is 2. The first-order valence-electron chi connectivity index (χ1n) is 13.7. The number of amides is 2. The SMILES string of the molecule is COC1C(OC(N)=O)C(O)[C@H](Oc2ccc3c(O)c(NC(=O)c4ccc(F)c(CC=C(C)C)c4)c(=O)oc3c2C)OC1(C)C. The summed E-state index contributed by atoms with van der Waals surface area (Å²) >= 11 is 0. The molecule has 4 rings (SSSR count). The van der Waals surface area contributed by atoms with Gasteiger partial charge in [0.2, 0.25) is 6.29 Å². The van der Waals surface area contributed by atoms with Crippen LogP contribution in [0.1, 0.15) is 49.2 Å². The van der Waals surface area contributed by atoms with Crippen LogP contribution in [0.3, 0.4) is 0 Å². The number of hydrogen-bond acceptors (Lipinski definition) is 10. The minimum Gasteiger partial charge on any atom is -0.505 e. The van der Waals surface area contributed by atoms with Crippen molar-refractivity contribution in [3.8, 4) is 11.5 Å². The van der Waals surface area contributed by atoms with E-state index in [1.54, 1.807) is 20.8 Å². The van der Waals surface area contributed by atoms with Crippen LogP contribution in [0.2, 0.25) is 0 Å². The summed E-state index contributed by atoms with van der Waals surface area (Å²) in [5.74, 6) is -1.68. The number of aliphatic hydroxyl groups is 1. The Labute approximate surface area is 252 Å². The molecule has 1 fully saturated rings. The third kappa shape index (κ3) is 6.54. The first-order chi connectivity index (χ1) is 20.6. The second-order valence-electron chi connectivity index (χ2n) is 11.2. The van der Waals surface area contributed by atoms with Crippen LogP contribution in [-0.4, -0.2) is 59.5 Å². The van der Waals surface area contributed by atoms with Gasteiger partial charge in [-0.25, -0.2) is 14.0 Å². The zero-order valence-corrected chi connectivity index (χ0v) is 25.1. The van der Waals surface area contributed by atoms with Crippen LogP contribution in [-0.2, 0) is 20.6 Å². The van der Waals surface area contributed by atoms with Crippen LogP contribution in [0, 0.1) is 12.7 Å². The fourth-order valence-electron chi connectivity index (χ4n) is 5.04. The number of methoxy groups -OCH3 is 1. The van der Waals surface area contributed by atoms with Gasteiger partial charge in [-0.2, -0.15) is 0 Å². The highest BCUT2D eigenvalue weighted by Gasteiger charge is 2.53. The molecule has 5 N–H and O–H groups in total. The lowest BCUT2D eigenvalue weighted by Crippen LogP contribution is -2.65. The Morgan fingerprint density at radius 2 is 1.91 bits per heavy atom. The second kappa shape index (κ2) is 12.6. The molecular formula is C31H35FN2O10. The van der Waals surface area contributed by atoms with Gasteiger partial charge in [0.1, 0.15) is 23.3 Å². The van der Waals surface area contributed by atoms with Crippen molar-refractivity contribution in [1.29, 1.82) is 0 Å². The van der Waals surface area contributed by atoms with Gasteiger partial charge >= 0.3 is 11.7 Å². The quantitative estimate of drug-likeness (QED) is 0.213. The predicted molar refractivity (Wildman–Crippen MR) is 157 cm³/mol. The van der Waals surface area contributed by atoms with Gasteiger partial charge in [0.15, 0.2) is 23.6 Å². The Balaban J connectivity index is 1.63. The third-order valence-corrected chi connectivity index (χ3v) is 7.29. The number of aromatic hydroxyl groups is 1. The molecule has 12 nitrogen and oxygen atoms in total. The summed E-state index contributed by atoms with van der Waals surface area (Å²) in [5.41, 5.74) is 4.08. The van der Waals surface area contributed by atoms with Gasteiger partial charge < -0.3 is 44.6 Å². The predicted octanol–water partition coefficient (Wildman–Crippen LogP) is 4.06. The Kier molecular flexibility index (Phi) is 9.33. The maximum atomic E-state index is 14.3. The summed E-state index contributed by atoms with van der Waals surface area (Å²) in [5, 5.41) is 24.3. The molecule has 2 amide bonds. The minimum atomic E-state index is -1.53. The number of aliphatic hydroxyl groups excluding tert-OH is 1. The fourth-order valence-corrected chi connectivity index (χ4v) is 5.04. The number of aryl methyl sites for hydroxylation is 1. The van der Waals surface area contributed by atoms with Crippen LogP contribution >= 0.6 is 0 Å². The summed E-state index contributed by atoms with van der Waals surface area (Å²) < 4.78 is 42.1. The molecule has 0 bridgehead atoms. The van der Waals surface area contributed by atoms with Crippen molar-refractivity contribution in [2.24, 2.45) is 5.73 Å². The third-order valence-electron chi connectivity index (χ3n) is 7.29. The first kappa shape index (κ1) is 32.5. The van der Waals surface area contributed by atoms with Gasteiger partial charge in [0.25, 0.3) is 5.91 Å². The second-order valence-corrected chi connectivity index (χ2v) is 11.2. The largest absolute Gasteiger partial charge is 0.505 e. The van der Waals surface area contributed by atoms with E-state index in [4.69, 9.17) is 29.1 Å². The van der Waals surface area contributed by atoms with E-state index in [1.807, 2.05) is 19.9 Å². The van der Waals surface area contributed by atoms with Crippen LogP contribution in [0.15, 0.2) is 51.2 Å². The highest BCUT2D eigenvalue weighted by atomic mass is 19.1. The lowest BCUT2D eigenvalue weighted by Gasteiger charge is -2.47. The highest BCUT2D eigenvalue weighted by Crippen LogP contribution is 2.38. The number of anilines is 1. The van der Waals surface area contributed by atoms with Crippen molar-refractivity contribution in [3.63, 3.8) is 0 Å². The average Bonchev–Trinajstić information content (AvgIpc) is 2.94. The summed E-state index contributed by atoms with van der Waals surface area (Å²) in [6, 6.07) is 6.61. The number of halogens is 1. The van der Waals surface area contributed by atoms with Gasteiger partial charge in [-0.3, -0.25) is 4.79 Å². The van der Waals surface area contributed by atoms with Crippen LogP contribution in [0.25, 0.3) is 11.0 Å². The van der Waals surface area contributed by atoms with E-state index in [-0.39, 0.29) is 39.8 Å². The minimum absolute atomic E-state index is 0.0574. The number of benzene rings is 2. The molecule has 0 spiro atoms. The molecule has 3 unspecified atom stereocenters. The molecule has 44 heavy (non-hydrogen) atoms. The van der Waals surface area contributed by atoms with E-state index in [1.165, 1.54) is 31.4 Å². The molecular weight excluding hydrogens is 579 g/mol. The van der Waals surface area contributed by atoms with E-state index in [0.717, 1.165) is 11.6 Å². The number of carbonyl (C=O) groups excluding carboxylic acids is 2. The van der Waals surface area contributed by atoms with Crippen molar-refractivity contribution >= 4 is 28.7 Å². The Morgan fingerprint density at radius 1 is 1.20 bits per heavy atom. The molecule has 1 aliphatic heterocycles. The molecule has 1 saturated heterocycles. The highest BCUT2D eigenvalue weighted by molar-refractivity contribution is 6.06. The maximum Gasteiger partial charge on any atom is 0.404 e. The summed E-state index contributed by atoms with van der Waals surface area (Å²) in [4.78, 5) is 37.4. The molecule has 0 aliphatic carbocycles. The summed E-state index contributed by atoms with van der Waals surface area (Å²) in [7, 11) is 1.36. The number of hydrogen-bond donors (Lipinski definition) is 4. The lowest BCUT2D eigenvalue weighted by atomic mass is 9.89. The number of fused-ring (bicyclic) bond motifs is 1. The van der Waals surface area contributed by atoms with Gasteiger partial charge in [-0.05, 0) is 76.9 Å². The molecule has 236 valence electrons. The monoisotopic (exact) mass is 614 g/mol. The molecule has 3 aromatic rings. The molecule has 1 aromatic heterocycles. The molecule has 13 heteroatoms. The van der Waals surface area contributed by atoms with Crippen molar-refractivity contribution < 1.29 is 47.6 Å². The van der Waals surface area contributed by atoms with E-state index >= 15 is 0 Å². The Morgan fingerprint density at radius 3 is 2.55 bits per heavy atom. The van der Waals surface area contributed by atoms with Gasteiger partial charge in [0.05, 0.1) is 11.0 Å². The van der Waals surface area contributed by atoms with Crippen molar-refractivity contribution in [2.45, 2.75) is 71.2 Å². The van der Waals surface area contributed by atoms with Gasteiger partial charge in [0, 0.05) is 18.2 Å². The number of nitrogens with two attached hydrogens (primary N) is 1. The normalized spacial score (nSPS) is 21.0. The number of primary amides is 1. The van der Waals surface area contributed by atoms with E-state index in [0.29, 0.717) is 0 Å². The van der Waals surface area contributed by atoms with E-state index in [2.05, 4.69) is 5.32 Å². The Bertz CT molecular complexity index is 1680. The van der Waals surface area contributed by atoms with Gasteiger partial charge in [-0.15, -0.1) is 0 Å². The van der Waals surface area contributed by atoms with Crippen LogP contribution in [0.5, 0.6) is 11.5 Å². The molecule has 2 heterocycles. The molecule has 4 atom stereocenters. The summed E-state index contributed by atoms with van der Waals surface area (Å²) in [6.45, 7) is 8.58. The standard InChI is InChI=1S/C31H35FN2O10/c1-14(2)7-8-16-13-17(9-11-19(16)32)27(37)34-21-22(35)18-10-12-20(15(3)24(18)42-28(21)38)41-29-23(36)25(43-30(33)39)26(40-6)31(4,5)44-29/h7,9-13,23,25-26,29,35-36H,8H2,1-6H3,(H2,33,39)(H,34,37)/t23?,25?,26?,29-/m1/s1. The van der Waals surface area contributed by atoms with E-state index < -0.39 is 65.1 Å². The zero-order valence-electron chi connectivity index (χ0n) is 25.1. The van der Waals surface area contributed by atoms with Crippen LogP contribution < -0.4 is 21.4 Å². The molecule has 0 saturated carbocycles. The molecule has 2 aromatic carbocycles. The van der Waals surface area contributed by atoms with Crippen molar-refractivity contribution in [1.82, 2.24) is 0 Å². The Hall–Kier alpha value is -4.46. The topological polar surface area (TPSA) is 180 Å². The van der Waals surface area contributed by atoms with Gasteiger partial charge in [-0.1, -0.05) is 11.6 Å². The van der Waals surface area contributed by atoms with E-state index in [9.17, 15) is 29.0 Å². The number of nitrogens with one attached hydrogen (secondary N) is 1. The first-order valence-corrected chi connectivity index (χ1v) is 13.7. The lowest BCUT2D eigenvalue weighted by molar-refractivity contribution is -0.304. The van der Waals surface area contributed by atoms with Crippen molar-refractivity contribution in [3.05, 3.63) is 74.9 Å². The zero-order chi connectivity index (χ0) is 32.5. The maximum absolute atomic E-state index is 14.3. The number of rotatable bonds is 8. The average molecular weight is 615 g/mol. The fraction of sp³-hybridized carbons (Fsp3) is 0.387. The smallest absolute Gasteiger partial charge is 0.404 e. The number of carbonyl (C=O) groups is 2.